The Kier molecular flexibility index (Phi) is 7.79. The molecule has 2 amide bonds. The highest BCUT2D eigenvalue weighted by Crippen LogP contribution is 2.34. The summed E-state index contributed by atoms with van der Waals surface area (Å²) < 4.78 is 5.12. The van der Waals surface area contributed by atoms with Crippen molar-refractivity contribution in [3.63, 3.8) is 0 Å². The molecule has 1 unspecified atom stereocenters. The van der Waals surface area contributed by atoms with Crippen LogP contribution in [0.1, 0.15) is 65.1 Å². The molecule has 1 atom stereocenters. The molecule has 1 aromatic heterocycles. The highest BCUT2D eigenvalue weighted by atomic mass is 32.1. The van der Waals surface area contributed by atoms with Crippen LogP contribution >= 0.6 is 11.3 Å². The monoisotopic (exact) mass is 395 g/mol. The summed E-state index contributed by atoms with van der Waals surface area (Å²) in [7, 11) is 1.53. The molecular formula is C19H29N3O4S. The molecule has 2 N–H and O–H groups in total. The first-order valence-corrected chi connectivity index (χ1v) is 10.3. The van der Waals surface area contributed by atoms with Crippen LogP contribution in [0.5, 0.6) is 0 Å². The Balaban J connectivity index is 2.21. The predicted molar refractivity (Wildman–Crippen MR) is 107 cm³/mol. The number of nitrogens with one attached hydrogen (secondary N) is 2. The van der Waals surface area contributed by atoms with E-state index in [2.05, 4.69) is 22.5 Å². The summed E-state index contributed by atoms with van der Waals surface area (Å²) >= 11 is 1.11. The zero-order valence-corrected chi connectivity index (χ0v) is 17.3. The fraction of sp³-hybridized carbons (Fsp3) is 0.632. The zero-order valence-electron chi connectivity index (χ0n) is 16.5. The van der Waals surface area contributed by atoms with Crippen LogP contribution in [0.4, 0.5) is 5.00 Å². The molecule has 7 nitrogen and oxygen atoms in total. The van der Waals surface area contributed by atoms with Gasteiger partial charge >= 0.3 is 5.97 Å². The van der Waals surface area contributed by atoms with E-state index in [4.69, 9.17) is 4.74 Å². The van der Waals surface area contributed by atoms with Gasteiger partial charge in [-0.2, -0.15) is 0 Å². The lowest BCUT2D eigenvalue weighted by atomic mass is 10.0. The number of nitrogens with zero attached hydrogens (tertiary/aromatic N) is 1. The molecule has 0 aliphatic carbocycles. The molecule has 27 heavy (non-hydrogen) atoms. The summed E-state index contributed by atoms with van der Waals surface area (Å²) in [6.07, 6.45) is 4.41. The molecule has 150 valence electrons. The summed E-state index contributed by atoms with van der Waals surface area (Å²) in [5.74, 6) is -0.989. The smallest absolute Gasteiger partial charge is 0.341 e. The number of anilines is 1. The third-order valence-electron chi connectivity index (χ3n) is 4.88. The maximum absolute atomic E-state index is 12.6. The number of ether oxygens (including phenoxy) is 1. The number of esters is 1. The van der Waals surface area contributed by atoms with Crippen molar-refractivity contribution in [3.8, 4) is 0 Å². The molecule has 1 aliphatic heterocycles. The highest BCUT2D eigenvalue weighted by Gasteiger charge is 2.28. The number of hydrogen-bond acceptors (Lipinski definition) is 6. The van der Waals surface area contributed by atoms with Gasteiger partial charge in [-0.15, -0.1) is 11.3 Å². The first-order chi connectivity index (χ1) is 12.9. The molecule has 0 aromatic carbocycles. The maximum Gasteiger partial charge on any atom is 0.341 e. The van der Waals surface area contributed by atoms with E-state index in [-0.39, 0.29) is 30.5 Å². The van der Waals surface area contributed by atoms with Gasteiger partial charge in [0.2, 0.25) is 5.91 Å². The number of hydrogen-bond donors (Lipinski definition) is 2. The fourth-order valence-corrected chi connectivity index (χ4v) is 4.62. The van der Waals surface area contributed by atoms with E-state index in [0.29, 0.717) is 21.5 Å². The molecule has 0 radical (unpaired) electrons. The summed E-state index contributed by atoms with van der Waals surface area (Å²) in [4.78, 5) is 39.7. The second-order valence-corrected chi connectivity index (χ2v) is 7.66. The minimum absolute atomic E-state index is 0.175. The van der Waals surface area contributed by atoms with E-state index in [9.17, 15) is 14.4 Å². The Morgan fingerprint density at radius 1 is 1.26 bits per heavy atom. The standard InChI is InChI=1S/C19H29N3O4S/c1-5-13-9-7-8-10-22(13)11-14(23)21-18-15(19(25)26-6-2)12(3)16(27-18)17(24)20-4/h13H,5-11H2,1-4H3,(H,20,24)(H,21,23). The van der Waals surface area contributed by atoms with Crippen molar-refractivity contribution in [2.45, 2.75) is 52.5 Å². The van der Waals surface area contributed by atoms with Crippen LogP contribution in [0.2, 0.25) is 0 Å². The van der Waals surface area contributed by atoms with E-state index in [0.717, 1.165) is 37.1 Å². The molecule has 1 fully saturated rings. The van der Waals surface area contributed by atoms with Gasteiger partial charge in [-0.3, -0.25) is 14.5 Å². The molecule has 2 rings (SSSR count). The van der Waals surface area contributed by atoms with Crippen molar-refractivity contribution in [1.82, 2.24) is 10.2 Å². The normalized spacial score (nSPS) is 17.4. The van der Waals surface area contributed by atoms with Crippen LogP contribution in [0.25, 0.3) is 0 Å². The second-order valence-electron chi connectivity index (χ2n) is 6.64. The highest BCUT2D eigenvalue weighted by molar-refractivity contribution is 7.18. The topological polar surface area (TPSA) is 87.7 Å². The van der Waals surface area contributed by atoms with Crippen molar-refractivity contribution >= 4 is 34.1 Å². The largest absolute Gasteiger partial charge is 0.462 e. The molecule has 2 heterocycles. The number of rotatable bonds is 7. The van der Waals surface area contributed by atoms with Gasteiger partial charge in [-0.25, -0.2) is 4.79 Å². The molecule has 0 saturated carbocycles. The van der Waals surface area contributed by atoms with Crippen molar-refractivity contribution in [3.05, 3.63) is 16.0 Å². The maximum atomic E-state index is 12.6. The number of carbonyl (C=O) groups excluding carboxylic acids is 3. The Morgan fingerprint density at radius 2 is 2.00 bits per heavy atom. The Bertz CT molecular complexity index is 701. The molecule has 0 bridgehead atoms. The van der Waals surface area contributed by atoms with Crippen LogP contribution in [-0.2, 0) is 9.53 Å². The number of carbonyl (C=O) groups is 3. The van der Waals surface area contributed by atoms with E-state index in [1.807, 2.05) is 0 Å². The van der Waals surface area contributed by atoms with Crippen molar-refractivity contribution < 1.29 is 19.1 Å². The van der Waals surface area contributed by atoms with Crippen LogP contribution in [-0.4, -0.2) is 55.5 Å². The molecule has 1 aromatic rings. The first kappa shape index (κ1) is 21.4. The van der Waals surface area contributed by atoms with Gasteiger partial charge in [-0.05, 0) is 45.2 Å². The predicted octanol–water partition coefficient (Wildman–Crippen LogP) is 2.80. The lowest BCUT2D eigenvalue weighted by Crippen LogP contribution is -2.43. The molecule has 1 aliphatic rings. The van der Waals surface area contributed by atoms with Gasteiger partial charge in [0, 0.05) is 13.1 Å². The van der Waals surface area contributed by atoms with Gasteiger partial charge in [0.05, 0.1) is 23.6 Å². The van der Waals surface area contributed by atoms with Gasteiger partial charge in [0.15, 0.2) is 0 Å². The molecule has 8 heteroatoms. The summed E-state index contributed by atoms with van der Waals surface area (Å²) in [5, 5.41) is 5.78. The van der Waals surface area contributed by atoms with E-state index >= 15 is 0 Å². The lowest BCUT2D eigenvalue weighted by Gasteiger charge is -2.34. The van der Waals surface area contributed by atoms with E-state index < -0.39 is 5.97 Å². The summed E-state index contributed by atoms with van der Waals surface area (Å²) in [6, 6.07) is 0.417. The van der Waals surface area contributed by atoms with Crippen LogP contribution in [0.3, 0.4) is 0 Å². The molecule has 1 saturated heterocycles. The fourth-order valence-electron chi connectivity index (χ4n) is 3.46. The number of piperidine rings is 1. The third-order valence-corrected chi connectivity index (χ3v) is 6.09. The number of likely N-dealkylation sites (tertiary alicyclic amines) is 1. The second kappa shape index (κ2) is 9.85. The number of amides is 2. The lowest BCUT2D eigenvalue weighted by molar-refractivity contribution is -0.118. The summed E-state index contributed by atoms with van der Waals surface area (Å²) in [5.41, 5.74) is 0.789. The average Bonchev–Trinajstić information content (AvgIpc) is 2.97. The van der Waals surface area contributed by atoms with Crippen molar-refractivity contribution in [2.75, 3.05) is 32.1 Å². The van der Waals surface area contributed by atoms with Gasteiger partial charge in [0.1, 0.15) is 5.00 Å². The Labute approximate surface area is 164 Å². The Morgan fingerprint density at radius 3 is 2.63 bits per heavy atom. The SMILES string of the molecule is CCOC(=O)c1c(NC(=O)CN2CCCCC2CC)sc(C(=O)NC)c1C. The van der Waals surface area contributed by atoms with Crippen molar-refractivity contribution in [2.24, 2.45) is 0 Å². The Hall–Kier alpha value is -1.93. The zero-order chi connectivity index (χ0) is 20.0. The summed E-state index contributed by atoms with van der Waals surface area (Å²) in [6.45, 7) is 6.97. The van der Waals surface area contributed by atoms with E-state index in [1.165, 1.54) is 13.5 Å². The van der Waals surface area contributed by atoms with Crippen molar-refractivity contribution in [1.29, 1.82) is 0 Å². The minimum atomic E-state index is -0.527. The van der Waals surface area contributed by atoms with Gasteiger partial charge in [-0.1, -0.05) is 13.3 Å². The van der Waals surface area contributed by atoms with E-state index in [1.54, 1.807) is 13.8 Å². The van der Waals surface area contributed by atoms with Crippen LogP contribution < -0.4 is 10.6 Å². The number of thiophene rings is 1. The molecule has 0 spiro atoms. The minimum Gasteiger partial charge on any atom is -0.462 e. The van der Waals surface area contributed by atoms with Crippen LogP contribution in [0.15, 0.2) is 0 Å². The van der Waals surface area contributed by atoms with Gasteiger partial charge < -0.3 is 15.4 Å². The first-order valence-electron chi connectivity index (χ1n) is 9.49. The quantitative estimate of drug-likeness (QED) is 0.693. The van der Waals surface area contributed by atoms with Crippen LogP contribution in [0, 0.1) is 6.92 Å². The van der Waals surface area contributed by atoms with Gasteiger partial charge in [0.25, 0.3) is 5.91 Å². The average molecular weight is 396 g/mol. The third kappa shape index (κ3) is 5.07. The molecular weight excluding hydrogens is 366 g/mol.